The molecule has 0 fully saturated rings. The quantitative estimate of drug-likeness (QED) is 0.376. The maximum Gasteiger partial charge on any atom is 0.419 e. The summed E-state index contributed by atoms with van der Waals surface area (Å²) in [5, 5.41) is 9.92. The van der Waals surface area contributed by atoms with Crippen molar-refractivity contribution in [3.8, 4) is 0 Å². The Balaban J connectivity index is 1.46. The number of thioether (sulfide) groups is 1. The van der Waals surface area contributed by atoms with E-state index in [1.807, 2.05) is 18.2 Å². The van der Waals surface area contributed by atoms with E-state index < -0.39 is 0 Å². The molecule has 0 aliphatic carbocycles. The van der Waals surface area contributed by atoms with Gasteiger partial charge in [-0.2, -0.15) is 0 Å². The first-order valence-corrected chi connectivity index (χ1v) is 9.28. The number of oxazole rings is 1. The summed E-state index contributed by atoms with van der Waals surface area (Å²) < 4.78 is 8.65. The van der Waals surface area contributed by atoms with Gasteiger partial charge in [0.15, 0.2) is 16.4 Å². The van der Waals surface area contributed by atoms with Gasteiger partial charge < -0.3 is 4.42 Å². The number of rotatable bonds is 5. The monoisotopic (exact) mass is 394 g/mol. The average molecular weight is 395 g/mol. The van der Waals surface area contributed by atoms with Crippen molar-refractivity contribution < 1.29 is 4.42 Å². The minimum absolute atomic E-state index is 0.335. The highest BCUT2D eigenvalue weighted by Crippen LogP contribution is 2.25. The fourth-order valence-corrected chi connectivity index (χ4v) is 3.95. The van der Waals surface area contributed by atoms with Gasteiger partial charge >= 0.3 is 5.76 Å². The van der Waals surface area contributed by atoms with Gasteiger partial charge in [-0.15, -0.1) is 10.2 Å². The summed E-state index contributed by atoms with van der Waals surface area (Å²) in [7, 11) is 0. The molecule has 4 aromatic rings. The highest BCUT2D eigenvalue weighted by atomic mass is 35.5. The molecule has 0 aliphatic rings. The van der Waals surface area contributed by atoms with Crippen LogP contribution in [0.2, 0.25) is 10.0 Å². The van der Waals surface area contributed by atoms with Gasteiger partial charge in [-0.1, -0.05) is 47.1 Å². The second-order valence-corrected chi connectivity index (χ2v) is 7.28. The zero-order chi connectivity index (χ0) is 17.4. The van der Waals surface area contributed by atoms with E-state index in [2.05, 4.69) is 10.2 Å². The number of para-hydroxylation sites is 2. The summed E-state index contributed by atoms with van der Waals surface area (Å²) in [6, 6.07) is 9.04. The van der Waals surface area contributed by atoms with Crippen LogP contribution in [0.25, 0.3) is 16.7 Å². The number of hydrogen-bond donors (Lipinski definition) is 0. The molecule has 0 atom stereocenters. The smallest absolute Gasteiger partial charge is 0.408 e. The van der Waals surface area contributed by atoms with Crippen molar-refractivity contribution >= 4 is 51.7 Å². The summed E-state index contributed by atoms with van der Waals surface area (Å²) >= 11 is 13.7. The lowest BCUT2D eigenvalue weighted by molar-refractivity contribution is 0.503. The lowest BCUT2D eigenvalue weighted by Gasteiger charge is -2.03. The Bertz CT molecular complexity index is 1120. The molecule has 0 amide bonds. The molecule has 0 saturated carbocycles. The van der Waals surface area contributed by atoms with Gasteiger partial charge in [0.05, 0.1) is 15.6 Å². The summed E-state index contributed by atoms with van der Waals surface area (Å²) in [4.78, 5) is 11.9. The van der Waals surface area contributed by atoms with Crippen LogP contribution in [-0.2, 0) is 6.54 Å². The molecule has 6 nitrogen and oxygen atoms in total. The molecule has 1 aromatic carbocycles. The Hall–Kier alpha value is -1.96. The standard InChI is InChI=1S/C16H12Cl2N4O2S/c17-10-8-11(18)14-19-20-15(22(14)9-10)25-7-3-6-21-12-4-1-2-5-13(12)24-16(21)23/h1-2,4-5,8-9H,3,6-7H2. The van der Waals surface area contributed by atoms with Crippen LogP contribution in [0.4, 0.5) is 0 Å². The molecule has 25 heavy (non-hydrogen) atoms. The number of hydrogen-bond acceptors (Lipinski definition) is 5. The van der Waals surface area contributed by atoms with Crippen molar-refractivity contribution in [2.75, 3.05) is 5.75 Å². The van der Waals surface area contributed by atoms with Crippen LogP contribution in [-0.4, -0.2) is 24.9 Å². The summed E-state index contributed by atoms with van der Waals surface area (Å²) in [6.45, 7) is 0.571. The number of nitrogens with zero attached hydrogens (tertiary/aromatic N) is 4. The first-order valence-electron chi connectivity index (χ1n) is 7.54. The maximum absolute atomic E-state index is 11.9. The van der Waals surface area contributed by atoms with E-state index in [1.54, 1.807) is 27.3 Å². The van der Waals surface area contributed by atoms with Crippen LogP contribution in [0.1, 0.15) is 6.42 Å². The van der Waals surface area contributed by atoms with Crippen molar-refractivity contribution in [3.63, 3.8) is 0 Å². The third-order valence-corrected chi connectivity index (χ3v) is 5.24. The molecule has 4 rings (SSSR count). The van der Waals surface area contributed by atoms with Crippen LogP contribution in [0.15, 0.2) is 50.9 Å². The van der Waals surface area contributed by atoms with Crippen LogP contribution < -0.4 is 5.76 Å². The molecule has 0 unspecified atom stereocenters. The maximum atomic E-state index is 11.9. The minimum Gasteiger partial charge on any atom is -0.408 e. The van der Waals surface area contributed by atoms with Gasteiger partial charge in [-0.05, 0) is 24.6 Å². The Labute approximate surface area is 156 Å². The average Bonchev–Trinajstić information content (AvgIpc) is 3.12. The predicted octanol–water partition coefficient (Wildman–Crippen LogP) is 4.13. The first-order chi connectivity index (χ1) is 12.1. The van der Waals surface area contributed by atoms with Gasteiger partial charge in [0.25, 0.3) is 0 Å². The first kappa shape index (κ1) is 16.5. The van der Waals surface area contributed by atoms with E-state index in [0.717, 1.165) is 17.7 Å². The lowest BCUT2D eigenvalue weighted by atomic mass is 10.3. The lowest BCUT2D eigenvalue weighted by Crippen LogP contribution is -2.14. The molecule has 0 N–H and O–H groups in total. The number of fused-ring (bicyclic) bond motifs is 2. The molecule has 128 valence electrons. The SMILES string of the molecule is O=c1oc2ccccc2n1CCCSc1nnc2c(Cl)cc(Cl)cn12. The minimum atomic E-state index is -0.335. The normalized spacial score (nSPS) is 11.6. The highest BCUT2D eigenvalue weighted by Gasteiger charge is 2.11. The number of halogens is 2. The third-order valence-electron chi connectivity index (χ3n) is 3.73. The van der Waals surface area contributed by atoms with E-state index in [4.69, 9.17) is 27.6 Å². The Kier molecular flexibility index (Phi) is 4.45. The Morgan fingerprint density at radius 2 is 2.04 bits per heavy atom. The fourth-order valence-electron chi connectivity index (χ4n) is 2.61. The summed E-state index contributed by atoms with van der Waals surface area (Å²) in [5.41, 5.74) is 1.99. The predicted molar refractivity (Wildman–Crippen MR) is 98.8 cm³/mol. The topological polar surface area (TPSA) is 65.3 Å². The van der Waals surface area contributed by atoms with Crippen molar-refractivity contribution in [2.45, 2.75) is 18.1 Å². The van der Waals surface area contributed by atoms with Crippen LogP contribution >= 0.6 is 35.0 Å². The molecule has 9 heteroatoms. The Morgan fingerprint density at radius 3 is 2.92 bits per heavy atom. The van der Waals surface area contributed by atoms with Gasteiger partial charge in [-0.25, -0.2) is 4.79 Å². The van der Waals surface area contributed by atoms with Crippen molar-refractivity contribution in [1.82, 2.24) is 19.2 Å². The van der Waals surface area contributed by atoms with Gasteiger partial charge in [0.1, 0.15) is 0 Å². The molecule has 0 aliphatic heterocycles. The molecule has 0 bridgehead atoms. The van der Waals surface area contributed by atoms with Crippen molar-refractivity contribution in [3.05, 3.63) is 57.1 Å². The highest BCUT2D eigenvalue weighted by molar-refractivity contribution is 7.99. The fraction of sp³-hybridized carbons (Fsp3) is 0.188. The van der Waals surface area contributed by atoms with Crippen molar-refractivity contribution in [2.24, 2.45) is 0 Å². The molecular formula is C16H12Cl2N4O2S. The second kappa shape index (κ2) is 6.74. The Morgan fingerprint density at radius 1 is 1.20 bits per heavy atom. The van der Waals surface area contributed by atoms with Crippen LogP contribution in [0.5, 0.6) is 0 Å². The second-order valence-electron chi connectivity index (χ2n) is 5.37. The van der Waals surface area contributed by atoms with E-state index >= 15 is 0 Å². The van der Waals surface area contributed by atoms with Crippen LogP contribution in [0, 0.1) is 0 Å². The number of pyridine rings is 1. The molecule has 0 spiro atoms. The zero-order valence-electron chi connectivity index (χ0n) is 12.9. The summed E-state index contributed by atoms with van der Waals surface area (Å²) in [6.07, 6.45) is 2.51. The van der Waals surface area contributed by atoms with Gasteiger partial charge in [0.2, 0.25) is 0 Å². The van der Waals surface area contributed by atoms with E-state index in [0.29, 0.717) is 33.0 Å². The van der Waals surface area contributed by atoms with Gasteiger partial charge in [-0.3, -0.25) is 8.97 Å². The van der Waals surface area contributed by atoms with Gasteiger partial charge in [0, 0.05) is 18.5 Å². The third kappa shape index (κ3) is 3.15. The molecule has 3 heterocycles. The molecule has 3 aromatic heterocycles. The molecule has 0 saturated heterocycles. The van der Waals surface area contributed by atoms with E-state index in [9.17, 15) is 4.79 Å². The number of aryl methyl sites for hydroxylation is 1. The summed E-state index contributed by atoms with van der Waals surface area (Å²) in [5.74, 6) is 0.425. The number of aromatic nitrogens is 4. The van der Waals surface area contributed by atoms with E-state index in [1.165, 1.54) is 11.8 Å². The number of benzene rings is 1. The zero-order valence-corrected chi connectivity index (χ0v) is 15.2. The van der Waals surface area contributed by atoms with Crippen molar-refractivity contribution in [1.29, 1.82) is 0 Å². The molecule has 0 radical (unpaired) electrons. The van der Waals surface area contributed by atoms with Crippen LogP contribution in [0.3, 0.4) is 0 Å². The largest absolute Gasteiger partial charge is 0.419 e. The molecular weight excluding hydrogens is 383 g/mol. The van der Waals surface area contributed by atoms with E-state index in [-0.39, 0.29) is 5.76 Å².